The van der Waals surface area contributed by atoms with Crippen LogP contribution in [0.3, 0.4) is 0 Å². The van der Waals surface area contributed by atoms with E-state index in [0.717, 1.165) is 25.0 Å². The number of ether oxygens (including phenoxy) is 2. The van der Waals surface area contributed by atoms with Gasteiger partial charge in [0.15, 0.2) is 0 Å². The summed E-state index contributed by atoms with van der Waals surface area (Å²) in [5.41, 5.74) is 0. The first-order valence-electron chi connectivity index (χ1n) is 6.73. The Morgan fingerprint density at radius 3 is 2.72 bits per heavy atom. The summed E-state index contributed by atoms with van der Waals surface area (Å²) in [4.78, 5) is 0. The molecule has 3 heteroatoms. The molecule has 3 nitrogen and oxygen atoms in total. The predicted octanol–water partition coefficient (Wildman–Crippen LogP) is 2.63. The van der Waals surface area contributed by atoms with Crippen molar-refractivity contribution in [2.24, 2.45) is 5.92 Å². The fraction of sp³-hybridized carbons (Fsp3) is 0.600. The molecule has 0 heterocycles. The van der Waals surface area contributed by atoms with Crippen LogP contribution >= 0.6 is 0 Å². The van der Waals surface area contributed by atoms with E-state index < -0.39 is 0 Å². The van der Waals surface area contributed by atoms with Gasteiger partial charge in [-0.2, -0.15) is 0 Å². The van der Waals surface area contributed by atoms with Gasteiger partial charge in [-0.15, -0.1) is 0 Å². The van der Waals surface area contributed by atoms with Crippen LogP contribution in [-0.2, 0) is 4.74 Å². The summed E-state index contributed by atoms with van der Waals surface area (Å²) < 4.78 is 11.3. The monoisotopic (exact) mass is 250 g/mol. The highest BCUT2D eigenvalue weighted by Gasteiger charge is 2.27. The first-order valence-corrected chi connectivity index (χ1v) is 6.73. The number of para-hydroxylation sites is 1. The molecule has 18 heavy (non-hydrogen) atoms. The zero-order valence-corrected chi connectivity index (χ0v) is 10.9. The Labute approximate surface area is 109 Å². The molecule has 0 spiro atoms. The molecular formula is C15H22O3. The Bertz CT molecular complexity index is 339. The van der Waals surface area contributed by atoms with Gasteiger partial charge in [-0.25, -0.2) is 0 Å². The summed E-state index contributed by atoms with van der Waals surface area (Å²) in [7, 11) is 0. The second-order valence-electron chi connectivity index (χ2n) is 5.06. The highest BCUT2D eigenvalue weighted by Crippen LogP contribution is 2.26. The zero-order valence-electron chi connectivity index (χ0n) is 10.9. The SMILES string of the molecule is CC1CCC(O)C(OCCOc2ccccc2)C1. The van der Waals surface area contributed by atoms with E-state index in [-0.39, 0.29) is 12.2 Å². The van der Waals surface area contributed by atoms with E-state index in [0.29, 0.717) is 19.1 Å². The smallest absolute Gasteiger partial charge is 0.119 e. The maximum atomic E-state index is 9.84. The van der Waals surface area contributed by atoms with Crippen LogP contribution in [0.15, 0.2) is 30.3 Å². The van der Waals surface area contributed by atoms with Gasteiger partial charge < -0.3 is 14.6 Å². The van der Waals surface area contributed by atoms with Crippen molar-refractivity contribution >= 4 is 0 Å². The van der Waals surface area contributed by atoms with E-state index in [1.807, 2.05) is 30.3 Å². The third-order valence-electron chi connectivity index (χ3n) is 3.45. The van der Waals surface area contributed by atoms with Crippen LogP contribution in [0.5, 0.6) is 5.75 Å². The van der Waals surface area contributed by atoms with Gasteiger partial charge in [-0.1, -0.05) is 25.1 Å². The Kier molecular flexibility index (Phi) is 5.02. The lowest BCUT2D eigenvalue weighted by atomic mass is 9.86. The number of rotatable bonds is 5. The average molecular weight is 250 g/mol. The fourth-order valence-electron chi connectivity index (χ4n) is 2.37. The standard InChI is InChI=1S/C15H22O3/c1-12-7-8-14(16)15(11-12)18-10-9-17-13-5-3-2-4-6-13/h2-6,12,14-16H,7-11H2,1H3. The predicted molar refractivity (Wildman–Crippen MR) is 70.7 cm³/mol. The average Bonchev–Trinajstić information content (AvgIpc) is 2.40. The summed E-state index contributed by atoms with van der Waals surface area (Å²) in [6.07, 6.45) is 2.57. The first kappa shape index (κ1) is 13.4. The maximum absolute atomic E-state index is 9.84. The van der Waals surface area contributed by atoms with Gasteiger partial charge in [-0.3, -0.25) is 0 Å². The molecule has 0 bridgehead atoms. The number of aliphatic hydroxyl groups is 1. The van der Waals surface area contributed by atoms with Gasteiger partial charge in [-0.05, 0) is 37.3 Å². The molecule has 1 fully saturated rings. The normalized spacial score (nSPS) is 28.0. The molecule has 0 radical (unpaired) electrons. The summed E-state index contributed by atoms with van der Waals surface area (Å²) in [5, 5.41) is 9.84. The Morgan fingerprint density at radius 2 is 1.94 bits per heavy atom. The molecule has 0 amide bonds. The van der Waals surface area contributed by atoms with Crippen LogP contribution in [0.25, 0.3) is 0 Å². The van der Waals surface area contributed by atoms with Crippen LogP contribution in [-0.4, -0.2) is 30.5 Å². The molecular weight excluding hydrogens is 228 g/mol. The molecule has 1 aliphatic carbocycles. The molecule has 3 atom stereocenters. The topological polar surface area (TPSA) is 38.7 Å². The summed E-state index contributed by atoms with van der Waals surface area (Å²) in [6, 6.07) is 9.71. The van der Waals surface area contributed by atoms with Gasteiger partial charge in [0, 0.05) is 0 Å². The Morgan fingerprint density at radius 1 is 1.17 bits per heavy atom. The molecule has 1 aromatic carbocycles. The van der Waals surface area contributed by atoms with E-state index in [4.69, 9.17) is 9.47 Å². The fourth-order valence-corrected chi connectivity index (χ4v) is 2.37. The van der Waals surface area contributed by atoms with Crippen molar-refractivity contribution in [3.63, 3.8) is 0 Å². The van der Waals surface area contributed by atoms with E-state index in [2.05, 4.69) is 6.92 Å². The van der Waals surface area contributed by atoms with Crippen molar-refractivity contribution in [2.75, 3.05) is 13.2 Å². The van der Waals surface area contributed by atoms with Crippen LogP contribution in [0.2, 0.25) is 0 Å². The van der Waals surface area contributed by atoms with Crippen molar-refractivity contribution in [3.05, 3.63) is 30.3 Å². The largest absolute Gasteiger partial charge is 0.491 e. The maximum Gasteiger partial charge on any atom is 0.119 e. The molecule has 3 unspecified atom stereocenters. The van der Waals surface area contributed by atoms with Gasteiger partial charge >= 0.3 is 0 Å². The van der Waals surface area contributed by atoms with E-state index in [1.165, 1.54) is 0 Å². The van der Waals surface area contributed by atoms with E-state index >= 15 is 0 Å². The minimum absolute atomic E-state index is 0.0203. The van der Waals surface area contributed by atoms with Crippen molar-refractivity contribution < 1.29 is 14.6 Å². The molecule has 1 saturated carbocycles. The Hall–Kier alpha value is -1.06. The second kappa shape index (κ2) is 6.76. The molecule has 0 aromatic heterocycles. The van der Waals surface area contributed by atoms with E-state index in [9.17, 15) is 5.11 Å². The third-order valence-corrected chi connectivity index (χ3v) is 3.45. The first-order chi connectivity index (χ1) is 8.75. The van der Waals surface area contributed by atoms with Crippen LogP contribution in [0.4, 0.5) is 0 Å². The molecule has 0 aliphatic heterocycles. The van der Waals surface area contributed by atoms with Gasteiger partial charge in [0.25, 0.3) is 0 Å². The minimum atomic E-state index is -0.307. The lowest BCUT2D eigenvalue weighted by Gasteiger charge is -2.31. The van der Waals surface area contributed by atoms with Crippen LogP contribution < -0.4 is 4.74 Å². The summed E-state index contributed by atoms with van der Waals surface area (Å²) in [6.45, 7) is 3.27. The number of hydrogen-bond donors (Lipinski definition) is 1. The molecule has 0 saturated heterocycles. The summed E-state index contributed by atoms with van der Waals surface area (Å²) in [5.74, 6) is 1.51. The van der Waals surface area contributed by atoms with Crippen LogP contribution in [0.1, 0.15) is 26.2 Å². The van der Waals surface area contributed by atoms with Crippen molar-refractivity contribution in [1.82, 2.24) is 0 Å². The zero-order chi connectivity index (χ0) is 12.8. The Balaban J connectivity index is 1.66. The lowest BCUT2D eigenvalue weighted by Crippen LogP contribution is -2.36. The van der Waals surface area contributed by atoms with Crippen molar-refractivity contribution in [1.29, 1.82) is 0 Å². The van der Waals surface area contributed by atoms with Crippen LogP contribution in [0, 0.1) is 5.92 Å². The lowest BCUT2D eigenvalue weighted by molar-refractivity contribution is -0.0749. The van der Waals surface area contributed by atoms with Gasteiger partial charge in [0.2, 0.25) is 0 Å². The van der Waals surface area contributed by atoms with Crippen molar-refractivity contribution in [3.8, 4) is 5.75 Å². The molecule has 100 valence electrons. The molecule has 1 aliphatic rings. The van der Waals surface area contributed by atoms with E-state index in [1.54, 1.807) is 0 Å². The molecule has 2 rings (SSSR count). The van der Waals surface area contributed by atoms with Crippen molar-refractivity contribution in [2.45, 2.75) is 38.4 Å². The molecule has 1 aromatic rings. The number of aliphatic hydroxyl groups excluding tert-OH is 1. The summed E-state index contributed by atoms with van der Waals surface area (Å²) >= 11 is 0. The highest BCUT2D eigenvalue weighted by molar-refractivity contribution is 5.20. The number of hydrogen-bond acceptors (Lipinski definition) is 3. The quantitative estimate of drug-likeness (QED) is 0.816. The number of benzene rings is 1. The minimum Gasteiger partial charge on any atom is -0.491 e. The second-order valence-corrected chi connectivity index (χ2v) is 5.06. The highest BCUT2D eigenvalue weighted by atomic mass is 16.5. The van der Waals surface area contributed by atoms with Gasteiger partial charge in [0.1, 0.15) is 12.4 Å². The van der Waals surface area contributed by atoms with Gasteiger partial charge in [0.05, 0.1) is 18.8 Å². The molecule has 1 N–H and O–H groups in total. The third kappa shape index (κ3) is 4.00.